The fourth-order valence-electron chi connectivity index (χ4n) is 2.54. The zero-order valence-electron chi connectivity index (χ0n) is 15.5. The molecule has 0 spiro atoms. The Bertz CT molecular complexity index is 1010. The highest BCUT2D eigenvalue weighted by molar-refractivity contribution is 7.99. The van der Waals surface area contributed by atoms with E-state index in [-0.39, 0.29) is 17.8 Å². The second kappa shape index (κ2) is 9.71. The predicted octanol–water partition coefficient (Wildman–Crippen LogP) is 5.65. The normalized spacial score (nSPS) is 11.9. The maximum Gasteiger partial charge on any atom is 0.234 e. The highest BCUT2D eigenvalue weighted by Crippen LogP contribution is 2.29. The zero-order chi connectivity index (χ0) is 21.0. The molecule has 29 heavy (non-hydrogen) atoms. The average molecular weight is 472 g/mol. The molecule has 0 fully saturated rings. The van der Waals surface area contributed by atoms with Gasteiger partial charge >= 0.3 is 0 Å². The molecule has 6 nitrogen and oxygen atoms in total. The number of hydrogen-bond donors (Lipinski definition) is 1. The van der Waals surface area contributed by atoms with E-state index in [1.807, 2.05) is 26.1 Å². The second-order valence-corrected chi connectivity index (χ2v) is 8.31. The second-order valence-electron chi connectivity index (χ2n) is 6.09. The van der Waals surface area contributed by atoms with Crippen molar-refractivity contribution in [1.29, 1.82) is 0 Å². The van der Waals surface area contributed by atoms with Gasteiger partial charge in [-0.1, -0.05) is 58.7 Å². The fourth-order valence-corrected chi connectivity index (χ4v) is 3.97. The Morgan fingerprint density at radius 3 is 2.55 bits per heavy atom. The summed E-state index contributed by atoms with van der Waals surface area (Å²) in [5.41, 5.74) is 0.536. The Kier molecular flexibility index (Phi) is 7.29. The molecule has 1 amide bonds. The van der Waals surface area contributed by atoms with Crippen molar-refractivity contribution in [3.8, 4) is 5.75 Å². The van der Waals surface area contributed by atoms with Gasteiger partial charge in [-0.15, -0.1) is 10.2 Å². The number of nitrogens with zero attached hydrogens (tertiary/aromatic N) is 3. The summed E-state index contributed by atoms with van der Waals surface area (Å²) in [6.07, 6.45) is -0.371. The van der Waals surface area contributed by atoms with Crippen LogP contribution in [-0.4, -0.2) is 26.4 Å². The number of rotatable bonds is 7. The van der Waals surface area contributed by atoms with Gasteiger partial charge in [0, 0.05) is 22.8 Å². The number of benzene rings is 2. The Balaban J connectivity index is 1.60. The quantitative estimate of drug-likeness (QED) is 0.451. The molecule has 3 aromatic rings. The van der Waals surface area contributed by atoms with Crippen LogP contribution in [0, 0.1) is 0 Å². The van der Waals surface area contributed by atoms with Crippen LogP contribution in [0.1, 0.15) is 18.9 Å². The standard InChI is InChI=1S/C19H17Cl3N4O2S/c1-11(28-16-6-4-3-5-15(16)22)18-24-25-19(26(18)2)29-10-17(27)23-14-8-12(20)7-13(21)9-14/h3-9,11H,10H2,1-2H3,(H,23,27). The highest BCUT2D eigenvalue weighted by Gasteiger charge is 2.19. The lowest BCUT2D eigenvalue weighted by molar-refractivity contribution is -0.113. The van der Waals surface area contributed by atoms with Gasteiger partial charge in [0.2, 0.25) is 5.91 Å². The summed E-state index contributed by atoms with van der Waals surface area (Å²) in [4.78, 5) is 12.2. The third-order valence-corrected chi connectivity index (χ3v) is 5.62. The summed E-state index contributed by atoms with van der Waals surface area (Å²) in [5, 5.41) is 13.1. The van der Waals surface area contributed by atoms with Gasteiger partial charge in [-0.05, 0) is 37.3 Å². The summed E-state index contributed by atoms with van der Waals surface area (Å²) in [6, 6.07) is 12.1. The molecule has 1 aromatic heterocycles. The van der Waals surface area contributed by atoms with Crippen molar-refractivity contribution in [2.45, 2.75) is 18.2 Å². The minimum atomic E-state index is -0.371. The van der Waals surface area contributed by atoms with Crippen LogP contribution >= 0.6 is 46.6 Å². The summed E-state index contributed by atoms with van der Waals surface area (Å²) < 4.78 is 7.67. The molecule has 3 rings (SSSR count). The maximum absolute atomic E-state index is 12.2. The lowest BCUT2D eigenvalue weighted by Crippen LogP contribution is -2.15. The summed E-state index contributed by atoms with van der Waals surface area (Å²) in [5.74, 6) is 1.13. The number of para-hydroxylation sites is 1. The van der Waals surface area contributed by atoms with Crippen molar-refractivity contribution in [2.75, 3.05) is 11.1 Å². The average Bonchev–Trinajstić information content (AvgIpc) is 3.01. The number of nitrogens with one attached hydrogen (secondary N) is 1. The first-order chi connectivity index (χ1) is 13.8. The van der Waals surface area contributed by atoms with Crippen LogP contribution in [0.25, 0.3) is 0 Å². The first-order valence-electron chi connectivity index (χ1n) is 8.52. The van der Waals surface area contributed by atoms with Crippen LogP contribution in [-0.2, 0) is 11.8 Å². The van der Waals surface area contributed by atoms with Crippen LogP contribution in [0.2, 0.25) is 15.1 Å². The van der Waals surface area contributed by atoms with Crippen molar-refractivity contribution in [2.24, 2.45) is 7.05 Å². The van der Waals surface area contributed by atoms with E-state index in [0.29, 0.717) is 37.5 Å². The zero-order valence-corrected chi connectivity index (χ0v) is 18.6. The molecular weight excluding hydrogens is 455 g/mol. The number of amides is 1. The number of thioether (sulfide) groups is 1. The molecule has 10 heteroatoms. The number of ether oxygens (including phenoxy) is 1. The Labute approximate surface area is 187 Å². The van der Waals surface area contributed by atoms with E-state index in [9.17, 15) is 4.79 Å². The van der Waals surface area contributed by atoms with Gasteiger partial charge in [-0.3, -0.25) is 4.79 Å². The van der Waals surface area contributed by atoms with E-state index in [4.69, 9.17) is 39.5 Å². The van der Waals surface area contributed by atoms with E-state index in [1.165, 1.54) is 11.8 Å². The largest absolute Gasteiger partial charge is 0.481 e. The topological polar surface area (TPSA) is 69.0 Å². The van der Waals surface area contributed by atoms with Crippen molar-refractivity contribution < 1.29 is 9.53 Å². The lowest BCUT2D eigenvalue weighted by atomic mass is 10.3. The third kappa shape index (κ3) is 5.79. The number of carbonyl (C=O) groups is 1. The molecule has 1 unspecified atom stereocenters. The van der Waals surface area contributed by atoms with E-state index in [1.54, 1.807) is 34.9 Å². The molecule has 0 saturated carbocycles. The van der Waals surface area contributed by atoms with E-state index in [0.717, 1.165) is 0 Å². The summed E-state index contributed by atoms with van der Waals surface area (Å²) in [6.45, 7) is 1.86. The molecule has 0 radical (unpaired) electrons. The van der Waals surface area contributed by atoms with E-state index >= 15 is 0 Å². The summed E-state index contributed by atoms with van der Waals surface area (Å²) in [7, 11) is 1.82. The lowest BCUT2D eigenvalue weighted by Gasteiger charge is -2.15. The Morgan fingerprint density at radius 2 is 1.86 bits per heavy atom. The molecule has 1 N–H and O–H groups in total. The van der Waals surface area contributed by atoms with Gasteiger partial charge in [-0.25, -0.2) is 0 Å². The first kappa shape index (κ1) is 21.8. The van der Waals surface area contributed by atoms with Gasteiger partial charge < -0.3 is 14.6 Å². The molecule has 2 aromatic carbocycles. The number of anilines is 1. The van der Waals surface area contributed by atoms with Gasteiger partial charge in [0.25, 0.3) is 0 Å². The molecule has 0 aliphatic carbocycles. The number of halogens is 3. The number of hydrogen-bond acceptors (Lipinski definition) is 5. The van der Waals surface area contributed by atoms with Crippen molar-refractivity contribution in [3.05, 3.63) is 63.4 Å². The third-order valence-electron chi connectivity index (χ3n) is 3.85. The Morgan fingerprint density at radius 1 is 1.17 bits per heavy atom. The van der Waals surface area contributed by atoms with Gasteiger partial charge in [0.15, 0.2) is 17.1 Å². The molecule has 0 aliphatic heterocycles. The number of aromatic nitrogens is 3. The van der Waals surface area contributed by atoms with E-state index in [2.05, 4.69) is 15.5 Å². The van der Waals surface area contributed by atoms with Crippen LogP contribution in [0.4, 0.5) is 5.69 Å². The van der Waals surface area contributed by atoms with Crippen LogP contribution < -0.4 is 10.1 Å². The SMILES string of the molecule is CC(Oc1ccccc1Cl)c1nnc(SCC(=O)Nc2cc(Cl)cc(Cl)c2)n1C. The van der Waals surface area contributed by atoms with Crippen LogP contribution in [0.3, 0.4) is 0 Å². The van der Waals surface area contributed by atoms with Crippen LogP contribution in [0.15, 0.2) is 47.6 Å². The Hall–Kier alpha value is -1.93. The summed E-state index contributed by atoms with van der Waals surface area (Å²) >= 11 is 19.3. The van der Waals surface area contributed by atoms with Crippen molar-refractivity contribution in [1.82, 2.24) is 14.8 Å². The van der Waals surface area contributed by atoms with Gasteiger partial charge in [0.05, 0.1) is 10.8 Å². The van der Waals surface area contributed by atoms with Crippen molar-refractivity contribution >= 4 is 58.2 Å². The molecule has 152 valence electrons. The fraction of sp³-hybridized carbons (Fsp3) is 0.211. The minimum absolute atomic E-state index is 0.149. The van der Waals surface area contributed by atoms with Crippen molar-refractivity contribution in [3.63, 3.8) is 0 Å². The molecule has 0 aliphatic rings. The minimum Gasteiger partial charge on any atom is -0.481 e. The molecule has 0 bridgehead atoms. The van der Waals surface area contributed by atoms with Gasteiger partial charge in [-0.2, -0.15) is 0 Å². The van der Waals surface area contributed by atoms with Crippen LogP contribution in [0.5, 0.6) is 5.75 Å². The maximum atomic E-state index is 12.2. The highest BCUT2D eigenvalue weighted by atomic mass is 35.5. The molecule has 1 heterocycles. The monoisotopic (exact) mass is 470 g/mol. The first-order valence-corrected chi connectivity index (χ1v) is 10.6. The molecular formula is C19H17Cl3N4O2S. The number of carbonyl (C=O) groups excluding carboxylic acids is 1. The molecule has 0 saturated heterocycles. The predicted molar refractivity (Wildman–Crippen MR) is 117 cm³/mol. The van der Waals surface area contributed by atoms with E-state index < -0.39 is 0 Å². The molecule has 1 atom stereocenters. The smallest absolute Gasteiger partial charge is 0.234 e. The van der Waals surface area contributed by atoms with Gasteiger partial charge in [0.1, 0.15) is 5.75 Å².